The van der Waals surface area contributed by atoms with Gasteiger partial charge in [-0.15, -0.1) is 0 Å². The first-order valence-electron chi connectivity index (χ1n) is 9.77. The Labute approximate surface area is 159 Å². The van der Waals surface area contributed by atoms with Gasteiger partial charge in [0.1, 0.15) is 5.82 Å². The molecule has 1 spiro atoms. The molecule has 1 aromatic rings. The van der Waals surface area contributed by atoms with Crippen LogP contribution in [0.1, 0.15) is 55.8 Å². The zero-order valence-corrected chi connectivity index (χ0v) is 15.9. The van der Waals surface area contributed by atoms with Gasteiger partial charge in [0.25, 0.3) is 0 Å². The zero-order valence-electron chi connectivity index (χ0n) is 15.9. The molecule has 0 N–H and O–H groups in total. The summed E-state index contributed by atoms with van der Waals surface area (Å²) < 4.78 is 12.9. The van der Waals surface area contributed by atoms with Gasteiger partial charge >= 0.3 is 0 Å². The van der Waals surface area contributed by atoms with Crippen molar-refractivity contribution in [2.75, 3.05) is 26.2 Å². The van der Waals surface area contributed by atoms with Gasteiger partial charge in [-0.2, -0.15) is 0 Å². The highest BCUT2D eigenvalue weighted by Crippen LogP contribution is 2.40. The summed E-state index contributed by atoms with van der Waals surface area (Å²) in [6, 6.07) is 5.43. The molecule has 2 heterocycles. The third-order valence-corrected chi connectivity index (χ3v) is 6.04. The van der Waals surface area contributed by atoms with Crippen molar-refractivity contribution in [1.29, 1.82) is 0 Å². The molecule has 6 heteroatoms. The first kappa shape index (κ1) is 19.5. The van der Waals surface area contributed by atoms with E-state index in [0.717, 1.165) is 32.4 Å². The number of hydrogen-bond acceptors (Lipinski definition) is 3. The molecule has 0 unspecified atom stereocenters. The monoisotopic (exact) mass is 374 g/mol. The first-order chi connectivity index (χ1) is 12.9. The van der Waals surface area contributed by atoms with Gasteiger partial charge in [0.15, 0.2) is 5.78 Å². The molecule has 0 saturated carbocycles. The molecule has 27 heavy (non-hydrogen) atoms. The second-order valence-corrected chi connectivity index (χ2v) is 7.72. The van der Waals surface area contributed by atoms with Gasteiger partial charge in [-0.3, -0.25) is 14.4 Å². The second kappa shape index (κ2) is 8.19. The normalized spacial score (nSPS) is 19.4. The predicted molar refractivity (Wildman–Crippen MR) is 99.7 cm³/mol. The van der Waals surface area contributed by atoms with Crippen LogP contribution in [0.2, 0.25) is 0 Å². The number of benzene rings is 1. The third-order valence-electron chi connectivity index (χ3n) is 6.04. The van der Waals surface area contributed by atoms with E-state index < -0.39 is 0 Å². The van der Waals surface area contributed by atoms with Crippen LogP contribution in [0.15, 0.2) is 24.3 Å². The number of ketones is 1. The van der Waals surface area contributed by atoms with Gasteiger partial charge < -0.3 is 9.80 Å². The molecule has 0 bridgehead atoms. The van der Waals surface area contributed by atoms with Crippen molar-refractivity contribution in [3.63, 3.8) is 0 Å². The minimum atomic E-state index is -0.379. The number of carbonyl (C=O) groups excluding carboxylic acids is 3. The molecule has 0 atom stereocenters. The summed E-state index contributed by atoms with van der Waals surface area (Å²) in [7, 11) is 0. The van der Waals surface area contributed by atoms with E-state index in [9.17, 15) is 18.8 Å². The summed E-state index contributed by atoms with van der Waals surface area (Å²) in [6.45, 7) is 4.93. The fourth-order valence-electron chi connectivity index (χ4n) is 4.19. The summed E-state index contributed by atoms with van der Waals surface area (Å²) >= 11 is 0. The van der Waals surface area contributed by atoms with Crippen LogP contribution in [0.3, 0.4) is 0 Å². The number of rotatable bonds is 5. The molecule has 2 aliphatic heterocycles. The molecule has 0 aliphatic carbocycles. The molecule has 5 nitrogen and oxygen atoms in total. The highest BCUT2D eigenvalue weighted by atomic mass is 19.1. The highest BCUT2D eigenvalue weighted by Gasteiger charge is 2.41. The van der Waals surface area contributed by atoms with Crippen molar-refractivity contribution in [3.05, 3.63) is 35.6 Å². The minimum absolute atomic E-state index is 0.000421. The predicted octanol–water partition coefficient (Wildman–Crippen LogP) is 3.04. The van der Waals surface area contributed by atoms with Crippen molar-refractivity contribution in [2.24, 2.45) is 5.41 Å². The first-order valence-corrected chi connectivity index (χ1v) is 9.77. The summed E-state index contributed by atoms with van der Waals surface area (Å²) in [4.78, 5) is 40.3. The van der Waals surface area contributed by atoms with Crippen LogP contribution in [0, 0.1) is 11.2 Å². The Morgan fingerprint density at radius 2 is 1.74 bits per heavy atom. The van der Waals surface area contributed by atoms with Crippen molar-refractivity contribution in [1.82, 2.24) is 9.80 Å². The van der Waals surface area contributed by atoms with Crippen molar-refractivity contribution in [3.8, 4) is 0 Å². The smallest absolute Gasteiger partial charge is 0.223 e. The van der Waals surface area contributed by atoms with E-state index in [2.05, 4.69) is 0 Å². The van der Waals surface area contributed by atoms with Crippen molar-refractivity contribution < 1.29 is 18.8 Å². The number of piperidine rings is 2. The van der Waals surface area contributed by atoms with Gasteiger partial charge in [0.05, 0.1) is 0 Å². The van der Waals surface area contributed by atoms with E-state index in [1.54, 1.807) is 0 Å². The molecule has 3 rings (SSSR count). The van der Waals surface area contributed by atoms with Crippen LogP contribution in [0.5, 0.6) is 0 Å². The topological polar surface area (TPSA) is 57.7 Å². The Morgan fingerprint density at radius 1 is 1.07 bits per heavy atom. The lowest BCUT2D eigenvalue weighted by atomic mass is 9.72. The fraction of sp³-hybridized carbons (Fsp3) is 0.571. The molecule has 0 aromatic heterocycles. The maximum Gasteiger partial charge on any atom is 0.223 e. The maximum atomic E-state index is 12.9. The molecule has 0 radical (unpaired) electrons. The highest BCUT2D eigenvalue weighted by molar-refractivity contribution is 5.97. The Morgan fingerprint density at radius 3 is 2.37 bits per heavy atom. The number of amides is 2. The van der Waals surface area contributed by atoms with Gasteiger partial charge in [-0.05, 0) is 55.9 Å². The quantitative estimate of drug-likeness (QED) is 0.745. The van der Waals surface area contributed by atoms with Crippen molar-refractivity contribution in [2.45, 2.75) is 45.4 Å². The van der Waals surface area contributed by atoms with E-state index >= 15 is 0 Å². The summed E-state index contributed by atoms with van der Waals surface area (Å²) in [5, 5.41) is 0. The fourth-order valence-corrected chi connectivity index (χ4v) is 4.19. The number of halogens is 1. The van der Waals surface area contributed by atoms with E-state index in [1.165, 1.54) is 24.3 Å². The Kier molecular flexibility index (Phi) is 5.92. The number of carbonyl (C=O) groups is 3. The molecule has 2 amide bonds. The molecule has 2 aliphatic rings. The Bertz CT molecular complexity index is 709. The number of nitrogens with zero attached hydrogens (tertiary/aromatic N) is 2. The Hall–Kier alpha value is -2.24. The maximum absolute atomic E-state index is 12.9. The molecule has 2 saturated heterocycles. The van der Waals surface area contributed by atoms with E-state index in [4.69, 9.17) is 0 Å². The van der Waals surface area contributed by atoms with Crippen LogP contribution >= 0.6 is 0 Å². The largest absolute Gasteiger partial charge is 0.343 e. The van der Waals surface area contributed by atoms with Gasteiger partial charge in [0, 0.05) is 51.0 Å². The summed E-state index contributed by atoms with van der Waals surface area (Å²) in [6.07, 6.45) is 3.66. The molecule has 2 fully saturated rings. The van der Waals surface area contributed by atoms with E-state index in [-0.39, 0.29) is 41.7 Å². The third kappa shape index (κ3) is 4.54. The lowest BCUT2D eigenvalue weighted by molar-refractivity contribution is -0.142. The Balaban J connectivity index is 1.48. The summed E-state index contributed by atoms with van der Waals surface area (Å²) in [5.74, 6) is -0.280. The van der Waals surface area contributed by atoms with Gasteiger partial charge in [-0.25, -0.2) is 4.39 Å². The van der Waals surface area contributed by atoms with Gasteiger partial charge in [-0.1, -0.05) is 0 Å². The second-order valence-electron chi connectivity index (χ2n) is 7.72. The van der Waals surface area contributed by atoms with Crippen molar-refractivity contribution >= 4 is 17.6 Å². The number of Topliss-reactive ketones (excluding diaryl/α,β-unsaturated/α-hetero) is 1. The lowest BCUT2D eigenvalue weighted by Gasteiger charge is -2.47. The standard InChI is InChI=1S/C21H27FN2O3/c1-2-23-15-21(10-9-20(23)27)11-13-24(14-12-21)19(26)8-7-18(25)16-3-5-17(22)6-4-16/h3-6H,2,7-15H2,1H3. The number of hydrogen-bond donors (Lipinski definition) is 0. The van der Waals surface area contributed by atoms with E-state index in [0.29, 0.717) is 25.1 Å². The lowest BCUT2D eigenvalue weighted by Crippen LogP contribution is -2.52. The number of likely N-dealkylation sites (tertiary alicyclic amines) is 2. The average molecular weight is 374 g/mol. The molecular weight excluding hydrogens is 347 g/mol. The molecular formula is C21H27FN2O3. The van der Waals surface area contributed by atoms with Crippen LogP contribution < -0.4 is 0 Å². The molecule has 1 aromatic carbocycles. The summed E-state index contributed by atoms with van der Waals surface area (Å²) in [5.41, 5.74) is 0.582. The van der Waals surface area contributed by atoms with Crippen LogP contribution in [-0.2, 0) is 9.59 Å². The molecule has 146 valence electrons. The van der Waals surface area contributed by atoms with Gasteiger partial charge in [0.2, 0.25) is 11.8 Å². The average Bonchev–Trinajstić information content (AvgIpc) is 2.69. The van der Waals surface area contributed by atoms with E-state index in [1.807, 2.05) is 16.7 Å². The van der Waals surface area contributed by atoms with Crippen LogP contribution in [0.4, 0.5) is 4.39 Å². The van der Waals surface area contributed by atoms with Crippen LogP contribution in [-0.4, -0.2) is 53.6 Å². The minimum Gasteiger partial charge on any atom is -0.343 e. The van der Waals surface area contributed by atoms with Crippen LogP contribution in [0.25, 0.3) is 0 Å². The zero-order chi connectivity index (χ0) is 19.4. The SMILES string of the molecule is CCN1CC2(CCC1=O)CCN(C(=O)CCC(=O)c1ccc(F)cc1)CC2.